The van der Waals surface area contributed by atoms with Crippen LogP contribution in [-0.2, 0) is 9.59 Å². The molecule has 0 saturated heterocycles. The minimum absolute atomic E-state index is 0.0750. The molecule has 0 saturated carbocycles. The van der Waals surface area contributed by atoms with Crippen molar-refractivity contribution in [3.63, 3.8) is 0 Å². The van der Waals surface area contributed by atoms with Crippen molar-refractivity contribution in [3.8, 4) is 5.75 Å². The largest absolute Gasteiger partial charge is 0.492 e. The fraction of sp³-hybridized carbons (Fsp3) is 0.444. The number of ether oxygens (including phenoxy) is 1. The van der Waals surface area contributed by atoms with Gasteiger partial charge in [-0.2, -0.15) is 0 Å². The lowest BCUT2D eigenvalue weighted by atomic mass is 10.0. The molecule has 0 unspecified atom stereocenters. The monoisotopic (exact) mass is 316 g/mol. The molecular weight excluding hydrogens is 292 g/mol. The first-order chi connectivity index (χ1) is 11.0. The molecule has 5 heteroatoms. The molecule has 0 radical (unpaired) electrons. The number of amides is 2. The van der Waals surface area contributed by atoms with Crippen LogP contribution in [0.2, 0.25) is 0 Å². The number of hydrogen-bond acceptors (Lipinski definition) is 3. The van der Waals surface area contributed by atoms with Crippen molar-refractivity contribution < 1.29 is 14.3 Å². The molecule has 1 aliphatic heterocycles. The molecule has 1 heterocycles. The van der Waals surface area contributed by atoms with Crippen LogP contribution in [0.4, 0.5) is 5.69 Å². The summed E-state index contributed by atoms with van der Waals surface area (Å²) in [4.78, 5) is 26.3. The third kappa shape index (κ3) is 4.34. The zero-order valence-corrected chi connectivity index (χ0v) is 13.9. The van der Waals surface area contributed by atoms with E-state index >= 15 is 0 Å². The van der Waals surface area contributed by atoms with Gasteiger partial charge in [-0.15, -0.1) is 0 Å². The number of anilines is 1. The van der Waals surface area contributed by atoms with Gasteiger partial charge in [0.25, 0.3) is 0 Å². The first kappa shape index (κ1) is 17.1. The summed E-state index contributed by atoms with van der Waals surface area (Å²) in [5.41, 5.74) is 0.590. The van der Waals surface area contributed by atoms with Crippen molar-refractivity contribution in [2.75, 3.05) is 18.5 Å². The molecule has 1 aromatic carbocycles. The van der Waals surface area contributed by atoms with E-state index in [0.29, 0.717) is 30.5 Å². The summed E-state index contributed by atoms with van der Waals surface area (Å²) in [6.07, 6.45) is 3.85. The minimum Gasteiger partial charge on any atom is -0.492 e. The van der Waals surface area contributed by atoms with E-state index in [1.54, 1.807) is 17.0 Å². The predicted octanol–water partition coefficient (Wildman–Crippen LogP) is 2.84. The first-order valence-corrected chi connectivity index (χ1v) is 8.00. The van der Waals surface area contributed by atoms with Crippen LogP contribution in [0.3, 0.4) is 0 Å². The summed E-state index contributed by atoms with van der Waals surface area (Å²) in [6, 6.07) is 7.29. The van der Waals surface area contributed by atoms with E-state index in [0.717, 1.165) is 0 Å². The van der Waals surface area contributed by atoms with Crippen molar-refractivity contribution in [2.45, 2.75) is 33.2 Å². The van der Waals surface area contributed by atoms with Crippen LogP contribution < -0.4 is 10.1 Å². The number of carbonyl (C=O) groups is 2. The highest BCUT2D eigenvalue weighted by atomic mass is 16.5. The molecule has 5 nitrogen and oxygen atoms in total. The smallest absolute Gasteiger partial charge is 0.233 e. The van der Waals surface area contributed by atoms with Crippen molar-refractivity contribution >= 4 is 17.5 Å². The van der Waals surface area contributed by atoms with Gasteiger partial charge in [0, 0.05) is 6.54 Å². The molecule has 124 valence electrons. The number of nitrogens with one attached hydrogen (secondary N) is 1. The highest BCUT2D eigenvalue weighted by Gasteiger charge is 2.28. The Morgan fingerprint density at radius 3 is 2.78 bits per heavy atom. The Morgan fingerprint density at radius 1 is 1.35 bits per heavy atom. The summed E-state index contributed by atoms with van der Waals surface area (Å²) < 4.78 is 5.47. The third-order valence-electron chi connectivity index (χ3n) is 3.77. The molecule has 1 aliphatic rings. The number of rotatable bonds is 6. The summed E-state index contributed by atoms with van der Waals surface area (Å²) in [6.45, 7) is 7.11. The first-order valence-electron chi connectivity index (χ1n) is 8.00. The second-order valence-electron chi connectivity index (χ2n) is 5.86. The van der Waals surface area contributed by atoms with Crippen LogP contribution >= 0.6 is 0 Å². The Balaban J connectivity index is 1.96. The maximum atomic E-state index is 12.4. The number of carbonyl (C=O) groups excluding carboxylic acids is 2. The van der Waals surface area contributed by atoms with Crippen LogP contribution in [-0.4, -0.2) is 35.9 Å². The average molecular weight is 316 g/mol. The van der Waals surface area contributed by atoms with E-state index in [1.807, 2.05) is 31.2 Å². The standard InChI is InChI=1S/C18H24N2O3/c1-4-23-16-10-6-5-8-14(16)19-17(21)12-18(22)20-11-7-9-15(20)13(2)3/h5-10,13,15H,4,11-12H2,1-3H3,(H,19,21)/t15-/m1/s1. The third-order valence-corrected chi connectivity index (χ3v) is 3.77. The molecule has 1 atom stereocenters. The van der Waals surface area contributed by atoms with E-state index in [-0.39, 0.29) is 24.3 Å². The fourth-order valence-corrected chi connectivity index (χ4v) is 2.67. The van der Waals surface area contributed by atoms with Gasteiger partial charge in [0.05, 0.1) is 18.3 Å². The normalized spacial score (nSPS) is 16.7. The van der Waals surface area contributed by atoms with Gasteiger partial charge in [0.2, 0.25) is 11.8 Å². The Hall–Kier alpha value is -2.30. The second kappa shape index (κ2) is 7.81. The van der Waals surface area contributed by atoms with Crippen LogP contribution in [0.25, 0.3) is 0 Å². The van der Waals surface area contributed by atoms with Gasteiger partial charge in [-0.05, 0) is 25.0 Å². The van der Waals surface area contributed by atoms with Gasteiger partial charge in [0.1, 0.15) is 12.2 Å². The van der Waals surface area contributed by atoms with Gasteiger partial charge in [-0.1, -0.05) is 38.1 Å². The summed E-state index contributed by atoms with van der Waals surface area (Å²) in [5, 5.41) is 2.76. The second-order valence-corrected chi connectivity index (χ2v) is 5.86. The van der Waals surface area contributed by atoms with Crippen LogP contribution in [0.1, 0.15) is 27.2 Å². The molecule has 1 N–H and O–H groups in total. The Labute approximate surface area is 137 Å². The van der Waals surface area contributed by atoms with Gasteiger partial charge < -0.3 is 15.0 Å². The van der Waals surface area contributed by atoms with E-state index in [2.05, 4.69) is 19.2 Å². The highest BCUT2D eigenvalue weighted by molar-refractivity contribution is 6.04. The Kier molecular flexibility index (Phi) is 5.79. The molecule has 2 amide bonds. The fourth-order valence-electron chi connectivity index (χ4n) is 2.67. The number of hydrogen-bond donors (Lipinski definition) is 1. The van der Waals surface area contributed by atoms with Crippen LogP contribution in [0.15, 0.2) is 36.4 Å². The molecule has 0 bridgehead atoms. The lowest BCUT2D eigenvalue weighted by molar-refractivity contribution is -0.135. The van der Waals surface area contributed by atoms with E-state index in [4.69, 9.17) is 4.74 Å². The highest BCUT2D eigenvalue weighted by Crippen LogP contribution is 2.24. The molecular formula is C18H24N2O3. The van der Waals surface area contributed by atoms with Crippen molar-refractivity contribution in [3.05, 3.63) is 36.4 Å². The van der Waals surface area contributed by atoms with Gasteiger partial charge >= 0.3 is 0 Å². The van der Waals surface area contributed by atoms with E-state index in [9.17, 15) is 9.59 Å². The lowest BCUT2D eigenvalue weighted by Crippen LogP contribution is -2.40. The van der Waals surface area contributed by atoms with E-state index in [1.165, 1.54) is 0 Å². The summed E-state index contributed by atoms with van der Waals surface area (Å²) >= 11 is 0. The van der Waals surface area contributed by atoms with Crippen LogP contribution in [0, 0.1) is 5.92 Å². The molecule has 0 aliphatic carbocycles. The van der Waals surface area contributed by atoms with Gasteiger partial charge in [0.15, 0.2) is 0 Å². The van der Waals surface area contributed by atoms with Crippen molar-refractivity contribution in [2.24, 2.45) is 5.92 Å². The zero-order valence-electron chi connectivity index (χ0n) is 13.9. The summed E-state index contributed by atoms with van der Waals surface area (Å²) in [7, 11) is 0. The van der Waals surface area contributed by atoms with Gasteiger partial charge in [-0.25, -0.2) is 0 Å². The molecule has 23 heavy (non-hydrogen) atoms. The van der Waals surface area contributed by atoms with Gasteiger partial charge in [-0.3, -0.25) is 9.59 Å². The average Bonchev–Trinajstić information content (AvgIpc) is 2.99. The zero-order chi connectivity index (χ0) is 16.8. The predicted molar refractivity (Wildman–Crippen MR) is 90.3 cm³/mol. The summed E-state index contributed by atoms with van der Waals surface area (Å²) in [5.74, 6) is 0.467. The lowest BCUT2D eigenvalue weighted by Gasteiger charge is -2.27. The number of para-hydroxylation sites is 2. The Morgan fingerprint density at radius 2 is 2.09 bits per heavy atom. The van der Waals surface area contributed by atoms with E-state index < -0.39 is 0 Å². The number of benzene rings is 1. The molecule has 1 aromatic rings. The molecule has 0 fully saturated rings. The van der Waals surface area contributed by atoms with Crippen LogP contribution in [0.5, 0.6) is 5.75 Å². The number of nitrogens with zero attached hydrogens (tertiary/aromatic N) is 1. The quantitative estimate of drug-likeness (QED) is 0.648. The maximum absolute atomic E-state index is 12.4. The molecule has 2 rings (SSSR count). The van der Waals surface area contributed by atoms with Crippen molar-refractivity contribution in [1.29, 1.82) is 0 Å². The topological polar surface area (TPSA) is 58.6 Å². The molecule has 0 spiro atoms. The molecule has 0 aromatic heterocycles. The minimum atomic E-state index is -0.323. The SMILES string of the molecule is CCOc1ccccc1NC(=O)CC(=O)N1CC=C[C@@H]1C(C)C. The Bertz CT molecular complexity index is 596. The van der Waals surface area contributed by atoms with Crippen molar-refractivity contribution in [1.82, 2.24) is 4.90 Å². The maximum Gasteiger partial charge on any atom is 0.233 e.